The minimum Gasteiger partial charge on any atom is -0.309 e. The third kappa shape index (κ3) is 5.99. The molecule has 0 N–H and O–H groups in total. The Morgan fingerprint density at radius 1 is 0.289 bits per heavy atom. The number of aromatic nitrogens is 2. The fourth-order valence-corrected chi connectivity index (χ4v) is 13.4. The van der Waals surface area contributed by atoms with Gasteiger partial charge in [0.2, 0.25) is 0 Å². The molecule has 0 amide bonds. The zero-order valence-electron chi connectivity index (χ0n) is 41.5. The van der Waals surface area contributed by atoms with Crippen molar-refractivity contribution in [1.29, 1.82) is 0 Å². The lowest BCUT2D eigenvalue weighted by atomic mass is 9.65. The summed E-state index contributed by atoms with van der Waals surface area (Å²) in [6.45, 7) is 0. The number of nitrogens with zero attached hydrogens (tertiary/aromatic N) is 3. The van der Waals surface area contributed by atoms with E-state index < -0.39 is 5.41 Å². The van der Waals surface area contributed by atoms with E-state index in [1.54, 1.807) is 0 Å². The van der Waals surface area contributed by atoms with Crippen molar-refractivity contribution >= 4 is 60.7 Å². The molecule has 0 bridgehead atoms. The maximum absolute atomic E-state index is 2.53. The van der Waals surface area contributed by atoms with Gasteiger partial charge in [0.25, 0.3) is 0 Å². The molecule has 0 saturated heterocycles. The Balaban J connectivity index is 0.914. The van der Waals surface area contributed by atoms with Crippen LogP contribution in [0.4, 0.5) is 17.1 Å². The summed E-state index contributed by atoms with van der Waals surface area (Å²) in [4.78, 5) is 2.53. The molecule has 2 aromatic heterocycles. The lowest BCUT2D eigenvalue weighted by Gasteiger charge is -2.39. The van der Waals surface area contributed by atoms with E-state index in [1.807, 2.05) is 0 Å². The van der Waals surface area contributed by atoms with Gasteiger partial charge < -0.3 is 14.0 Å². The van der Waals surface area contributed by atoms with Crippen molar-refractivity contribution in [1.82, 2.24) is 9.13 Å². The number of fused-ring (bicyclic) bond motifs is 15. The van der Waals surface area contributed by atoms with E-state index in [0.29, 0.717) is 0 Å². The molecule has 1 atom stereocenters. The number of hydrogen-bond acceptors (Lipinski definition) is 1. The summed E-state index contributed by atoms with van der Waals surface area (Å²) in [6, 6.07) is 106. The largest absolute Gasteiger partial charge is 0.309 e. The summed E-state index contributed by atoms with van der Waals surface area (Å²) in [5, 5.41) is 5.06. The molecule has 1 unspecified atom stereocenters. The molecule has 0 radical (unpaired) electrons. The molecule has 1 aliphatic heterocycles. The summed E-state index contributed by atoms with van der Waals surface area (Å²) < 4.78 is 4.93. The molecule has 354 valence electrons. The highest BCUT2D eigenvalue weighted by atomic mass is 15.1. The second-order valence-electron chi connectivity index (χ2n) is 20.3. The van der Waals surface area contributed by atoms with E-state index in [1.165, 1.54) is 93.8 Å². The average molecular weight is 966 g/mol. The SMILES string of the molecule is c1ccc(-c2ccc(-c3ccccc3N(c3ccc(-c4cccc(-n5c6ccccc6c6ccccc65)c4)cc3)c3cccc4c3-c3ccccc3C43c4ccccc4-n4c5ccccc5c5cccc3c54)cc2)cc1. The number of para-hydroxylation sites is 6. The predicted molar refractivity (Wildman–Crippen MR) is 317 cm³/mol. The number of rotatable bonds is 7. The van der Waals surface area contributed by atoms with Crippen LogP contribution in [0.5, 0.6) is 0 Å². The molecule has 3 nitrogen and oxygen atoms in total. The van der Waals surface area contributed by atoms with Gasteiger partial charge >= 0.3 is 0 Å². The van der Waals surface area contributed by atoms with E-state index in [9.17, 15) is 0 Å². The summed E-state index contributed by atoms with van der Waals surface area (Å²) in [5.74, 6) is 0. The van der Waals surface area contributed by atoms with Gasteiger partial charge in [0, 0.05) is 44.0 Å². The number of anilines is 3. The first-order chi connectivity index (χ1) is 37.7. The van der Waals surface area contributed by atoms with Crippen LogP contribution in [0.2, 0.25) is 0 Å². The predicted octanol–water partition coefficient (Wildman–Crippen LogP) is 19.0. The molecule has 76 heavy (non-hydrogen) atoms. The first-order valence-electron chi connectivity index (χ1n) is 26.3. The van der Waals surface area contributed by atoms with Crippen LogP contribution in [0.1, 0.15) is 22.3 Å². The van der Waals surface area contributed by atoms with Gasteiger partial charge in [-0.3, -0.25) is 0 Å². The van der Waals surface area contributed by atoms with Crippen LogP contribution < -0.4 is 4.90 Å². The van der Waals surface area contributed by atoms with Crippen LogP contribution in [0.25, 0.3) is 99.5 Å². The zero-order chi connectivity index (χ0) is 49.9. The van der Waals surface area contributed by atoms with Crippen LogP contribution in [0, 0.1) is 0 Å². The molecule has 14 aromatic rings. The van der Waals surface area contributed by atoms with Crippen LogP contribution in [-0.4, -0.2) is 9.13 Å². The summed E-state index contributed by atoms with van der Waals surface area (Å²) in [5.41, 5.74) is 24.7. The lowest BCUT2D eigenvalue weighted by molar-refractivity contribution is 0.748. The van der Waals surface area contributed by atoms with Gasteiger partial charge in [0.1, 0.15) is 0 Å². The fraction of sp³-hybridized carbons (Fsp3) is 0.0137. The van der Waals surface area contributed by atoms with Gasteiger partial charge in [-0.25, -0.2) is 0 Å². The Hall–Kier alpha value is -9.96. The summed E-state index contributed by atoms with van der Waals surface area (Å²) in [7, 11) is 0. The first kappa shape index (κ1) is 42.5. The third-order valence-electron chi connectivity index (χ3n) is 16.5. The molecular weight excluding hydrogens is 919 g/mol. The van der Waals surface area contributed by atoms with Crippen molar-refractivity contribution in [2.24, 2.45) is 0 Å². The normalized spacial score (nSPS) is 14.1. The van der Waals surface area contributed by atoms with Crippen LogP contribution in [0.3, 0.4) is 0 Å². The van der Waals surface area contributed by atoms with Gasteiger partial charge in [-0.05, 0) is 116 Å². The Morgan fingerprint density at radius 3 is 1.54 bits per heavy atom. The second kappa shape index (κ2) is 16.5. The van der Waals surface area contributed by atoms with Gasteiger partial charge in [0.05, 0.1) is 44.5 Å². The Labute approximate surface area is 441 Å². The van der Waals surface area contributed by atoms with Crippen molar-refractivity contribution in [2.75, 3.05) is 4.90 Å². The molecule has 3 heteroatoms. The fourth-order valence-electron chi connectivity index (χ4n) is 13.4. The van der Waals surface area contributed by atoms with E-state index >= 15 is 0 Å². The minimum atomic E-state index is -0.591. The van der Waals surface area contributed by atoms with Gasteiger partial charge in [-0.1, -0.05) is 224 Å². The molecule has 12 aromatic carbocycles. The molecule has 16 rings (SSSR count). The maximum atomic E-state index is 2.53. The smallest absolute Gasteiger partial charge is 0.0755 e. The van der Waals surface area contributed by atoms with Crippen molar-refractivity contribution in [2.45, 2.75) is 5.41 Å². The molecule has 1 spiro atoms. The average Bonchev–Trinajstić information content (AvgIpc) is 4.16. The van der Waals surface area contributed by atoms with E-state index in [0.717, 1.165) is 45.0 Å². The van der Waals surface area contributed by atoms with Crippen molar-refractivity contribution in [3.05, 3.63) is 307 Å². The van der Waals surface area contributed by atoms with Crippen molar-refractivity contribution in [3.8, 4) is 55.9 Å². The number of hydrogen-bond donors (Lipinski definition) is 0. The Morgan fingerprint density at radius 2 is 0.776 bits per heavy atom. The van der Waals surface area contributed by atoms with Crippen LogP contribution in [0.15, 0.2) is 285 Å². The zero-order valence-corrected chi connectivity index (χ0v) is 41.5. The summed E-state index contributed by atoms with van der Waals surface area (Å²) in [6.07, 6.45) is 0. The van der Waals surface area contributed by atoms with Crippen molar-refractivity contribution in [3.63, 3.8) is 0 Å². The van der Waals surface area contributed by atoms with E-state index in [-0.39, 0.29) is 0 Å². The number of benzene rings is 12. The minimum absolute atomic E-state index is 0.591. The third-order valence-corrected chi connectivity index (χ3v) is 16.5. The quantitative estimate of drug-likeness (QED) is 0.155. The maximum Gasteiger partial charge on any atom is 0.0755 e. The monoisotopic (exact) mass is 965 g/mol. The van der Waals surface area contributed by atoms with Gasteiger partial charge in [-0.15, -0.1) is 0 Å². The Kier molecular flexibility index (Phi) is 9.25. The van der Waals surface area contributed by atoms with Gasteiger partial charge in [-0.2, -0.15) is 0 Å². The highest BCUT2D eigenvalue weighted by molar-refractivity contribution is 6.14. The summed E-state index contributed by atoms with van der Waals surface area (Å²) >= 11 is 0. The molecule has 2 aliphatic rings. The Bertz CT molecular complexity index is 4580. The van der Waals surface area contributed by atoms with Gasteiger partial charge in [0.15, 0.2) is 0 Å². The van der Waals surface area contributed by atoms with Crippen LogP contribution in [-0.2, 0) is 5.41 Å². The van der Waals surface area contributed by atoms with E-state index in [4.69, 9.17) is 0 Å². The second-order valence-corrected chi connectivity index (χ2v) is 20.3. The first-order valence-corrected chi connectivity index (χ1v) is 26.3. The highest BCUT2D eigenvalue weighted by Gasteiger charge is 2.51. The van der Waals surface area contributed by atoms with E-state index in [2.05, 4.69) is 299 Å². The molecular formula is C73H47N3. The topological polar surface area (TPSA) is 13.1 Å². The molecule has 0 saturated carbocycles. The molecule has 1 aliphatic carbocycles. The standard InChI is InChI=1S/C73H47N3/c1-2-19-48(20-3-1)49-39-41-51(42-40-49)55-23-5-11-33-65(55)74(53-45-43-50(44-46-53)52-21-16-22-54(47-52)75-66-34-12-6-24-56(66)57-25-7-13-35-67(57)75)70-38-18-31-63-71(70)60-27-4-9-29-61(60)73(63)62-30-10-15-37-69(62)76-68-36-14-8-26-58(68)59-28-17-32-64(73)72(59)76/h1-47H. The molecule has 3 heterocycles. The van der Waals surface area contributed by atoms with Crippen LogP contribution >= 0.6 is 0 Å². The highest BCUT2D eigenvalue weighted by Crippen LogP contribution is 2.63. The lowest BCUT2D eigenvalue weighted by Crippen LogP contribution is -2.33. The molecule has 0 fully saturated rings. The van der Waals surface area contributed by atoms with Crippen molar-refractivity contribution < 1.29 is 0 Å².